The summed E-state index contributed by atoms with van der Waals surface area (Å²) < 4.78 is 12.0. The maximum atomic E-state index is 12.1. The fourth-order valence-electron chi connectivity index (χ4n) is 2.40. The molecule has 0 unspecified atom stereocenters. The Labute approximate surface area is 122 Å². The molecule has 1 aliphatic rings. The highest BCUT2D eigenvalue weighted by atomic mass is 16.5. The molecule has 0 spiro atoms. The minimum Gasteiger partial charge on any atom is -0.394 e. The van der Waals surface area contributed by atoms with Crippen LogP contribution in [0.4, 0.5) is 5.82 Å². The van der Waals surface area contributed by atoms with Crippen molar-refractivity contribution in [3.05, 3.63) is 22.2 Å². The number of ether oxygens (including phenoxy) is 2. The molecule has 1 saturated heterocycles. The number of aliphatic hydroxyl groups excluding tert-OH is 2. The van der Waals surface area contributed by atoms with Gasteiger partial charge in [0.2, 0.25) is 0 Å². The van der Waals surface area contributed by atoms with Gasteiger partial charge in [-0.1, -0.05) is 0 Å². The lowest BCUT2D eigenvalue weighted by Gasteiger charge is -2.20. The van der Waals surface area contributed by atoms with Gasteiger partial charge in [0, 0.05) is 39.4 Å². The Kier molecular flexibility index (Phi) is 4.94. The zero-order valence-corrected chi connectivity index (χ0v) is 12.4. The van der Waals surface area contributed by atoms with Crippen molar-refractivity contribution in [3.63, 3.8) is 0 Å². The lowest BCUT2D eigenvalue weighted by atomic mass is 10.2. The van der Waals surface area contributed by atoms with E-state index in [0.29, 0.717) is 12.4 Å². The first-order valence-corrected chi connectivity index (χ1v) is 6.70. The number of aliphatic hydroxyl groups is 2. The SMILES string of the molecule is COCc1cn([C@H]2C[C@H](O)[C@@H](CO)O2)c(=O)nc1N(C)C. The van der Waals surface area contributed by atoms with Crippen molar-refractivity contribution in [3.8, 4) is 0 Å². The van der Waals surface area contributed by atoms with E-state index in [4.69, 9.17) is 14.6 Å². The van der Waals surface area contributed by atoms with Crippen LogP contribution in [0.3, 0.4) is 0 Å². The zero-order valence-electron chi connectivity index (χ0n) is 12.4. The van der Waals surface area contributed by atoms with Crippen LogP contribution < -0.4 is 10.6 Å². The van der Waals surface area contributed by atoms with Gasteiger partial charge in [0.25, 0.3) is 0 Å². The molecule has 8 heteroatoms. The van der Waals surface area contributed by atoms with E-state index in [-0.39, 0.29) is 13.0 Å². The molecule has 0 radical (unpaired) electrons. The summed E-state index contributed by atoms with van der Waals surface area (Å²) in [5.41, 5.74) is 0.280. The van der Waals surface area contributed by atoms with Crippen LogP contribution in [0.5, 0.6) is 0 Å². The first kappa shape index (κ1) is 15.9. The highest BCUT2D eigenvalue weighted by Crippen LogP contribution is 2.28. The average Bonchev–Trinajstić information content (AvgIpc) is 2.81. The van der Waals surface area contributed by atoms with E-state index in [1.165, 1.54) is 4.57 Å². The third kappa shape index (κ3) is 3.24. The fraction of sp³-hybridized carbons (Fsp3) is 0.692. The molecule has 1 aliphatic heterocycles. The molecule has 8 nitrogen and oxygen atoms in total. The Balaban J connectivity index is 2.36. The zero-order chi connectivity index (χ0) is 15.6. The molecule has 0 aromatic carbocycles. The quantitative estimate of drug-likeness (QED) is 0.727. The summed E-state index contributed by atoms with van der Waals surface area (Å²) in [4.78, 5) is 17.9. The third-order valence-electron chi connectivity index (χ3n) is 3.42. The number of nitrogens with zero attached hydrogens (tertiary/aromatic N) is 3. The van der Waals surface area contributed by atoms with E-state index >= 15 is 0 Å². The van der Waals surface area contributed by atoms with Crippen LogP contribution in [-0.2, 0) is 16.1 Å². The largest absolute Gasteiger partial charge is 0.394 e. The van der Waals surface area contributed by atoms with E-state index in [2.05, 4.69) is 4.98 Å². The standard InChI is InChI=1S/C13H21N3O5/c1-15(2)12-8(7-20-3)5-16(13(19)14-12)11-4-9(18)10(6-17)21-11/h5,9-11,17-18H,4,6-7H2,1-3H3/t9-,10+,11+/m0/s1. The van der Waals surface area contributed by atoms with Crippen molar-refractivity contribution in [2.24, 2.45) is 0 Å². The maximum Gasteiger partial charge on any atom is 0.351 e. The van der Waals surface area contributed by atoms with E-state index in [1.807, 2.05) is 0 Å². The lowest BCUT2D eigenvalue weighted by molar-refractivity contribution is -0.0460. The van der Waals surface area contributed by atoms with Gasteiger partial charge in [-0.3, -0.25) is 4.57 Å². The van der Waals surface area contributed by atoms with Crippen molar-refractivity contribution >= 4 is 5.82 Å². The molecule has 0 aliphatic carbocycles. The van der Waals surface area contributed by atoms with Crippen LogP contribution in [0, 0.1) is 0 Å². The van der Waals surface area contributed by atoms with Crippen LogP contribution in [-0.4, -0.2) is 59.8 Å². The van der Waals surface area contributed by atoms with Gasteiger partial charge in [0.1, 0.15) is 18.1 Å². The molecule has 3 atom stereocenters. The Morgan fingerprint density at radius 1 is 1.57 bits per heavy atom. The molecule has 0 bridgehead atoms. The summed E-state index contributed by atoms with van der Waals surface area (Å²) in [6, 6.07) is 0. The summed E-state index contributed by atoms with van der Waals surface area (Å²) in [5.74, 6) is 0.537. The first-order valence-electron chi connectivity index (χ1n) is 6.70. The van der Waals surface area contributed by atoms with Crippen molar-refractivity contribution in [1.82, 2.24) is 9.55 Å². The van der Waals surface area contributed by atoms with Crippen LogP contribution in [0.1, 0.15) is 18.2 Å². The summed E-state index contributed by atoms with van der Waals surface area (Å²) in [5, 5.41) is 18.9. The minimum atomic E-state index is -0.800. The Morgan fingerprint density at radius 2 is 2.29 bits per heavy atom. The van der Waals surface area contributed by atoms with Crippen molar-refractivity contribution < 1.29 is 19.7 Å². The smallest absolute Gasteiger partial charge is 0.351 e. The van der Waals surface area contributed by atoms with E-state index < -0.39 is 24.1 Å². The molecule has 118 valence electrons. The average molecular weight is 299 g/mol. The number of methoxy groups -OCH3 is 1. The number of aromatic nitrogens is 2. The number of hydrogen-bond acceptors (Lipinski definition) is 7. The molecule has 2 heterocycles. The van der Waals surface area contributed by atoms with Gasteiger partial charge in [-0.15, -0.1) is 0 Å². The van der Waals surface area contributed by atoms with Crippen LogP contribution in [0.15, 0.2) is 11.0 Å². The van der Waals surface area contributed by atoms with Gasteiger partial charge in [-0.05, 0) is 0 Å². The fourth-order valence-corrected chi connectivity index (χ4v) is 2.40. The maximum absolute atomic E-state index is 12.1. The Morgan fingerprint density at radius 3 is 2.81 bits per heavy atom. The molecule has 1 fully saturated rings. The number of rotatable bonds is 5. The summed E-state index contributed by atoms with van der Waals surface area (Å²) in [7, 11) is 5.15. The van der Waals surface area contributed by atoms with Crippen LogP contribution in [0.25, 0.3) is 0 Å². The highest BCUT2D eigenvalue weighted by Gasteiger charge is 2.35. The molecule has 2 N–H and O–H groups in total. The number of anilines is 1. The van der Waals surface area contributed by atoms with Gasteiger partial charge in [-0.25, -0.2) is 4.79 Å². The van der Waals surface area contributed by atoms with Crippen molar-refractivity contribution in [2.75, 3.05) is 32.7 Å². The summed E-state index contributed by atoms with van der Waals surface area (Å²) in [6.07, 6.45) is -0.247. The molecule has 0 saturated carbocycles. The molecular weight excluding hydrogens is 278 g/mol. The second kappa shape index (κ2) is 6.52. The van der Waals surface area contributed by atoms with E-state index in [0.717, 1.165) is 5.56 Å². The molecule has 0 amide bonds. The van der Waals surface area contributed by atoms with E-state index in [9.17, 15) is 9.90 Å². The van der Waals surface area contributed by atoms with Gasteiger partial charge in [0.15, 0.2) is 0 Å². The third-order valence-corrected chi connectivity index (χ3v) is 3.42. The van der Waals surface area contributed by atoms with Crippen LogP contribution >= 0.6 is 0 Å². The van der Waals surface area contributed by atoms with Gasteiger partial charge < -0.3 is 24.6 Å². The summed E-state index contributed by atoms with van der Waals surface area (Å²) >= 11 is 0. The second-order valence-corrected chi connectivity index (χ2v) is 5.22. The molecule has 1 aromatic rings. The lowest BCUT2D eigenvalue weighted by Crippen LogP contribution is -2.30. The van der Waals surface area contributed by atoms with E-state index in [1.54, 1.807) is 32.3 Å². The molecule has 2 rings (SSSR count). The van der Waals surface area contributed by atoms with Crippen molar-refractivity contribution in [2.45, 2.75) is 31.5 Å². The molecule has 1 aromatic heterocycles. The summed E-state index contributed by atoms with van der Waals surface area (Å²) in [6.45, 7) is 0.0139. The predicted octanol–water partition coefficient (Wildman–Crippen LogP) is -0.904. The number of hydrogen-bond donors (Lipinski definition) is 2. The first-order chi connectivity index (χ1) is 9.97. The predicted molar refractivity (Wildman–Crippen MR) is 75.2 cm³/mol. The monoisotopic (exact) mass is 299 g/mol. The van der Waals surface area contributed by atoms with Gasteiger partial charge in [0.05, 0.1) is 19.3 Å². The van der Waals surface area contributed by atoms with Gasteiger partial charge >= 0.3 is 5.69 Å². The topological polar surface area (TPSA) is 97.1 Å². The van der Waals surface area contributed by atoms with Crippen LogP contribution in [0.2, 0.25) is 0 Å². The molecular formula is C13H21N3O5. The van der Waals surface area contributed by atoms with Gasteiger partial charge in [-0.2, -0.15) is 4.98 Å². The highest BCUT2D eigenvalue weighted by molar-refractivity contribution is 5.43. The normalized spacial score (nSPS) is 25.3. The Bertz CT molecular complexity index is 545. The second-order valence-electron chi connectivity index (χ2n) is 5.22. The minimum absolute atomic E-state index is 0.237. The van der Waals surface area contributed by atoms with Crippen molar-refractivity contribution in [1.29, 1.82) is 0 Å². The Hall–Kier alpha value is -1.48. The molecule has 21 heavy (non-hydrogen) atoms.